The Hall–Kier alpha value is -0.783. The van der Waals surface area contributed by atoms with Crippen molar-refractivity contribution in [2.45, 2.75) is 89.8 Å². The molecule has 1 aliphatic carbocycles. The van der Waals surface area contributed by atoms with Crippen molar-refractivity contribution in [2.24, 2.45) is 5.92 Å². The second-order valence-electron chi connectivity index (χ2n) is 10.4. The molecule has 0 aromatic carbocycles. The molecule has 2 aromatic rings. The first kappa shape index (κ1) is 23.4. The molecule has 0 amide bonds. The van der Waals surface area contributed by atoms with E-state index in [-0.39, 0.29) is 17.4 Å². The van der Waals surface area contributed by atoms with Crippen molar-refractivity contribution in [1.29, 1.82) is 0 Å². The molecule has 0 N–H and O–H groups in total. The Balaban J connectivity index is 1.43. The Morgan fingerprint density at radius 3 is 2.71 bits per heavy atom. The summed E-state index contributed by atoms with van der Waals surface area (Å²) in [5.74, 6) is 1.14. The molecule has 0 radical (unpaired) electrons. The van der Waals surface area contributed by atoms with Gasteiger partial charge in [0, 0.05) is 35.8 Å². The van der Waals surface area contributed by atoms with Gasteiger partial charge < -0.3 is 13.9 Å². The number of hydrogen-bond acceptors (Lipinski definition) is 6. The first-order valence-electron chi connectivity index (χ1n) is 11.5. The molecule has 1 aliphatic heterocycles. The molecular weight excluding hydrogens is 523 g/mol. The molecule has 31 heavy (non-hydrogen) atoms. The quantitative estimate of drug-likeness (QED) is 0.258. The Kier molecular flexibility index (Phi) is 6.96. The number of rotatable bonds is 6. The minimum Gasteiger partial charge on any atom is -0.473 e. The van der Waals surface area contributed by atoms with Crippen molar-refractivity contribution in [1.82, 2.24) is 19.5 Å². The van der Waals surface area contributed by atoms with E-state index in [0.29, 0.717) is 11.8 Å². The molecule has 2 aromatic heterocycles. The lowest BCUT2D eigenvalue weighted by atomic mass is 10.1. The Morgan fingerprint density at radius 1 is 1.19 bits per heavy atom. The first-order chi connectivity index (χ1) is 14.7. The zero-order valence-corrected chi connectivity index (χ0v) is 22.5. The highest BCUT2D eigenvalue weighted by atomic mass is 127. The minimum absolute atomic E-state index is 0.00301. The van der Waals surface area contributed by atoms with Crippen LogP contribution in [0.1, 0.15) is 65.5 Å². The van der Waals surface area contributed by atoms with E-state index in [0.717, 1.165) is 66.7 Å². The van der Waals surface area contributed by atoms with Crippen molar-refractivity contribution in [3.05, 3.63) is 10.2 Å². The SMILES string of the molecule is CC(C)(C)[Si](C)(C)OC[C@H]1CC[C@H](Oc2ncnc3c2nc(I)n3C2CCCCO2)C1. The van der Waals surface area contributed by atoms with E-state index in [1.807, 2.05) is 0 Å². The first-order valence-corrected chi connectivity index (χ1v) is 15.4. The largest absolute Gasteiger partial charge is 0.473 e. The van der Waals surface area contributed by atoms with Gasteiger partial charge in [-0.1, -0.05) is 20.8 Å². The molecule has 2 fully saturated rings. The molecule has 0 bridgehead atoms. The van der Waals surface area contributed by atoms with Crippen molar-refractivity contribution in [2.75, 3.05) is 13.2 Å². The van der Waals surface area contributed by atoms with Gasteiger partial charge in [0.2, 0.25) is 5.88 Å². The molecule has 7 nitrogen and oxygen atoms in total. The van der Waals surface area contributed by atoms with Crippen LogP contribution in [-0.4, -0.2) is 47.2 Å². The van der Waals surface area contributed by atoms with Gasteiger partial charge in [0.25, 0.3) is 0 Å². The van der Waals surface area contributed by atoms with Gasteiger partial charge in [-0.05, 0) is 62.6 Å². The van der Waals surface area contributed by atoms with Gasteiger partial charge in [0.15, 0.2) is 23.3 Å². The third-order valence-electron chi connectivity index (χ3n) is 7.10. The molecule has 4 rings (SSSR count). The lowest BCUT2D eigenvalue weighted by molar-refractivity contribution is -0.0313. The number of imidazole rings is 1. The van der Waals surface area contributed by atoms with Gasteiger partial charge in [-0.15, -0.1) is 0 Å². The van der Waals surface area contributed by atoms with E-state index < -0.39 is 8.32 Å². The van der Waals surface area contributed by atoms with Crippen LogP contribution in [0.25, 0.3) is 11.2 Å². The number of aromatic nitrogens is 4. The summed E-state index contributed by atoms with van der Waals surface area (Å²) in [6.45, 7) is 13.1. The summed E-state index contributed by atoms with van der Waals surface area (Å²) in [6, 6.07) is 0. The van der Waals surface area contributed by atoms with E-state index in [1.165, 1.54) is 0 Å². The molecule has 9 heteroatoms. The highest BCUT2D eigenvalue weighted by Gasteiger charge is 2.38. The van der Waals surface area contributed by atoms with E-state index in [2.05, 4.69) is 71.0 Å². The zero-order chi connectivity index (χ0) is 22.2. The summed E-state index contributed by atoms with van der Waals surface area (Å²) in [5.41, 5.74) is 1.54. The number of halogens is 1. The van der Waals surface area contributed by atoms with Crippen molar-refractivity contribution in [3.8, 4) is 5.88 Å². The second-order valence-corrected chi connectivity index (χ2v) is 16.2. The standard InChI is InChI=1S/C22H35IN4O3Si/c1-22(2,3)31(4,5)29-13-15-9-10-16(12-15)30-20-18-19(24-14-25-20)27(21(23)26-18)17-8-6-7-11-28-17/h14-17H,6-13H2,1-5H3/t15-,16-,17?/m0/s1. The average Bonchev–Trinajstić information content (AvgIpc) is 3.30. The Morgan fingerprint density at radius 2 is 2.00 bits per heavy atom. The van der Waals surface area contributed by atoms with Crippen LogP contribution in [0.5, 0.6) is 5.88 Å². The predicted molar refractivity (Wildman–Crippen MR) is 132 cm³/mol. The van der Waals surface area contributed by atoms with Crippen molar-refractivity contribution in [3.63, 3.8) is 0 Å². The minimum atomic E-state index is -1.71. The number of fused-ring (bicyclic) bond motifs is 1. The molecule has 0 spiro atoms. The lowest BCUT2D eigenvalue weighted by Gasteiger charge is -2.37. The van der Waals surface area contributed by atoms with E-state index in [1.54, 1.807) is 6.33 Å². The number of nitrogens with zero attached hydrogens (tertiary/aromatic N) is 4. The van der Waals surface area contributed by atoms with Crippen LogP contribution in [-0.2, 0) is 9.16 Å². The fraction of sp³-hybridized carbons (Fsp3) is 0.773. The molecule has 1 unspecified atom stereocenters. The third kappa shape index (κ3) is 5.09. The summed E-state index contributed by atoms with van der Waals surface area (Å²) in [7, 11) is -1.71. The molecule has 2 aliphatic rings. The lowest BCUT2D eigenvalue weighted by Crippen LogP contribution is -2.41. The van der Waals surface area contributed by atoms with Gasteiger partial charge in [0.05, 0.1) is 0 Å². The van der Waals surface area contributed by atoms with E-state index in [4.69, 9.17) is 18.9 Å². The third-order valence-corrected chi connectivity index (χ3v) is 12.4. The maximum absolute atomic E-state index is 6.46. The van der Waals surface area contributed by atoms with Crippen LogP contribution in [0.3, 0.4) is 0 Å². The molecule has 3 atom stereocenters. The van der Waals surface area contributed by atoms with Crippen LogP contribution in [0.2, 0.25) is 18.1 Å². The smallest absolute Gasteiger partial charge is 0.245 e. The van der Waals surface area contributed by atoms with E-state index in [9.17, 15) is 0 Å². The molecule has 172 valence electrons. The van der Waals surface area contributed by atoms with Crippen LogP contribution in [0.15, 0.2) is 6.33 Å². The summed E-state index contributed by atoms with van der Waals surface area (Å²) in [5, 5.41) is 0.242. The summed E-state index contributed by atoms with van der Waals surface area (Å²) in [6.07, 6.45) is 8.17. The Bertz CT molecular complexity index is 908. The van der Waals surface area contributed by atoms with E-state index >= 15 is 0 Å². The fourth-order valence-corrected chi connectivity index (χ4v) is 5.98. The Labute approximate surface area is 199 Å². The zero-order valence-electron chi connectivity index (χ0n) is 19.4. The number of hydrogen-bond donors (Lipinski definition) is 0. The topological polar surface area (TPSA) is 71.3 Å². The summed E-state index contributed by atoms with van der Waals surface area (Å²) < 4.78 is 21.8. The molecule has 3 heterocycles. The van der Waals surface area contributed by atoms with Crippen LogP contribution in [0, 0.1) is 9.75 Å². The van der Waals surface area contributed by atoms with Gasteiger partial charge >= 0.3 is 0 Å². The molecular formula is C22H35IN4O3Si. The van der Waals surface area contributed by atoms with Crippen LogP contribution in [0.4, 0.5) is 0 Å². The van der Waals surface area contributed by atoms with Gasteiger partial charge in [-0.3, -0.25) is 4.57 Å². The second kappa shape index (κ2) is 9.22. The average molecular weight is 559 g/mol. The highest BCUT2D eigenvalue weighted by Crippen LogP contribution is 2.38. The van der Waals surface area contributed by atoms with Gasteiger partial charge in [-0.2, -0.15) is 4.98 Å². The summed E-state index contributed by atoms with van der Waals surface area (Å²) >= 11 is 2.26. The maximum atomic E-state index is 6.46. The van der Waals surface area contributed by atoms with Crippen molar-refractivity contribution < 1.29 is 13.9 Å². The van der Waals surface area contributed by atoms with Gasteiger partial charge in [-0.25, -0.2) is 9.97 Å². The molecule has 1 saturated carbocycles. The molecule has 1 saturated heterocycles. The van der Waals surface area contributed by atoms with Gasteiger partial charge in [0.1, 0.15) is 18.7 Å². The highest BCUT2D eigenvalue weighted by molar-refractivity contribution is 14.1. The van der Waals surface area contributed by atoms with Crippen molar-refractivity contribution >= 4 is 42.1 Å². The normalized spacial score (nSPS) is 25.3. The van der Waals surface area contributed by atoms with Crippen LogP contribution >= 0.6 is 22.6 Å². The fourth-order valence-electron chi connectivity index (χ4n) is 4.12. The number of ether oxygens (including phenoxy) is 2. The summed E-state index contributed by atoms with van der Waals surface area (Å²) in [4.78, 5) is 13.7. The van der Waals surface area contributed by atoms with Crippen LogP contribution < -0.4 is 4.74 Å². The predicted octanol–water partition coefficient (Wildman–Crippen LogP) is 5.70. The maximum Gasteiger partial charge on any atom is 0.245 e. The monoisotopic (exact) mass is 558 g/mol.